The molecule has 1 aromatic rings. The Hall–Kier alpha value is -1.55. The van der Waals surface area contributed by atoms with Crippen molar-refractivity contribution in [2.75, 3.05) is 13.1 Å². The number of rotatable bonds is 3. The molecule has 0 aliphatic carbocycles. The van der Waals surface area contributed by atoms with Crippen LogP contribution in [0.4, 0.5) is 0 Å². The summed E-state index contributed by atoms with van der Waals surface area (Å²) in [7, 11) is 0. The Morgan fingerprint density at radius 3 is 2.58 bits per heavy atom. The van der Waals surface area contributed by atoms with Crippen LogP contribution in [0, 0.1) is 5.41 Å². The van der Waals surface area contributed by atoms with Crippen molar-refractivity contribution in [1.82, 2.24) is 5.06 Å². The van der Waals surface area contributed by atoms with Crippen LogP contribution in [-0.2, 0) is 9.63 Å². The lowest BCUT2D eigenvalue weighted by atomic mass is 9.98. The first kappa shape index (κ1) is 13.9. The van der Waals surface area contributed by atoms with E-state index in [4.69, 9.17) is 9.57 Å². The first-order valence-corrected chi connectivity index (χ1v) is 6.64. The number of nitrogens with zero attached hydrogens (tertiary/aromatic N) is 1. The van der Waals surface area contributed by atoms with Gasteiger partial charge in [-0.1, -0.05) is 18.2 Å². The van der Waals surface area contributed by atoms with E-state index in [1.807, 2.05) is 51.1 Å². The van der Waals surface area contributed by atoms with Gasteiger partial charge >= 0.3 is 5.97 Å². The highest BCUT2D eigenvalue weighted by Gasteiger charge is 2.31. The summed E-state index contributed by atoms with van der Waals surface area (Å²) in [6.45, 7) is 6.89. The second-order valence-corrected chi connectivity index (χ2v) is 5.86. The molecule has 1 atom stereocenters. The molecular formula is C15H21NO3. The molecule has 19 heavy (non-hydrogen) atoms. The number of benzene rings is 1. The molecule has 0 amide bonds. The van der Waals surface area contributed by atoms with Crippen molar-refractivity contribution < 1.29 is 14.4 Å². The van der Waals surface area contributed by atoms with Crippen molar-refractivity contribution in [2.24, 2.45) is 5.41 Å². The molecular weight excluding hydrogens is 242 g/mol. The molecule has 1 aliphatic heterocycles. The predicted molar refractivity (Wildman–Crippen MR) is 72.6 cm³/mol. The van der Waals surface area contributed by atoms with E-state index >= 15 is 0 Å². The fourth-order valence-electron chi connectivity index (χ4n) is 1.82. The Kier molecular flexibility index (Phi) is 4.10. The maximum atomic E-state index is 11.8. The number of carbonyl (C=O) groups is 1. The van der Waals surface area contributed by atoms with Crippen molar-refractivity contribution in [2.45, 2.75) is 33.3 Å². The van der Waals surface area contributed by atoms with Crippen LogP contribution in [0.2, 0.25) is 0 Å². The minimum Gasteiger partial charge on any atom is -0.489 e. The molecule has 0 bridgehead atoms. The molecule has 1 fully saturated rings. The van der Waals surface area contributed by atoms with Gasteiger partial charge in [-0.3, -0.25) is 0 Å². The summed E-state index contributed by atoms with van der Waals surface area (Å²) in [5.41, 5.74) is -0.474. The zero-order chi connectivity index (χ0) is 13.9. The zero-order valence-electron chi connectivity index (χ0n) is 11.8. The number of para-hydroxylation sites is 1. The molecule has 1 aliphatic rings. The third-order valence-electron chi connectivity index (χ3n) is 2.98. The molecule has 2 rings (SSSR count). The van der Waals surface area contributed by atoms with Crippen LogP contribution in [-0.4, -0.2) is 30.2 Å². The van der Waals surface area contributed by atoms with Crippen LogP contribution in [0.5, 0.6) is 5.75 Å². The van der Waals surface area contributed by atoms with Gasteiger partial charge in [0.2, 0.25) is 0 Å². The summed E-state index contributed by atoms with van der Waals surface area (Å²) >= 11 is 0. The van der Waals surface area contributed by atoms with Crippen LogP contribution in [0.25, 0.3) is 0 Å². The summed E-state index contributed by atoms with van der Waals surface area (Å²) in [6, 6.07) is 9.72. The van der Waals surface area contributed by atoms with Crippen LogP contribution >= 0.6 is 0 Å². The van der Waals surface area contributed by atoms with Crippen LogP contribution in [0.3, 0.4) is 0 Å². The molecule has 0 radical (unpaired) electrons. The van der Waals surface area contributed by atoms with Gasteiger partial charge in [0.1, 0.15) is 11.9 Å². The Morgan fingerprint density at radius 1 is 1.26 bits per heavy atom. The smallest absolute Gasteiger partial charge is 0.330 e. The third kappa shape index (κ3) is 3.96. The van der Waals surface area contributed by atoms with Crippen LogP contribution in [0.1, 0.15) is 27.2 Å². The lowest BCUT2D eigenvalue weighted by molar-refractivity contribution is -0.196. The molecule has 1 aromatic carbocycles. The molecule has 104 valence electrons. The first-order valence-electron chi connectivity index (χ1n) is 6.64. The molecule has 1 saturated heterocycles. The SMILES string of the molecule is CC(C)(C)C(=O)ON1CCC(Oc2ccccc2)C1. The van der Waals surface area contributed by atoms with Gasteiger partial charge in [-0.2, -0.15) is 0 Å². The Balaban J connectivity index is 1.82. The van der Waals surface area contributed by atoms with E-state index in [1.165, 1.54) is 0 Å². The van der Waals surface area contributed by atoms with Crippen molar-refractivity contribution in [3.05, 3.63) is 30.3 Å². The minimum absolute atomic E-state index is 0.0789. The summed E-state index contributed by atoms with van der Waals surface area (Å²) in [5, 5.41) is 1.70. The second-order valence-electron chi connectivity index (χ2n) is 5.86. The Bertz CT molecular complexity index is 425. The lowest BCUT2D eigenvalue weighted by Gasteiger charge is -2.21. The van der Waals surface area contributed by atoms with E-state index in [1.54, 1.807) is 5.06 Å². The van der Waals surface area contributed by atoms with E-state index < -0.39 is 5.41 Å². The maximum absolute atomic E-state index is 11.8. The third-order valence-corrected chi connectivity index (χ3v) is 2.98. The van der Waals surface area contributed by atoms with Crippen LogP contribution < -0.4 is 4.74 Å². The van der Waals surface area contributed by atoms with Crippen molar-refractivity contribution in [3.8, 4) is 5.75 Å². The zero-order valence-corrected chi connectivity index (χ0v) is 11.8. The monoisotopic (exact) mass is 263 g/mol. The molecule has 0 spiro atoms. The van der Waals surface area contributed by atoms with Gasteiger partial charge in [-0.25, -0.2) is 4.79 Å². The van der Waals surface area contributed by atoms with Crippen molar-refractivity contribution >= 4 is 5.97 Å². The fourth-order valence-corrected chi connectivity index (χ4v) is 1.82. The molecule has 0 N–H and O–H groups in total. The highest BCUT2D eigenvalue weighted by Crippen LogP contribution is 2.21. The van der Waals surface area contributed by atoms with Crippen LogP contribution in [0.15, 0.2) is 30.3 Å². The average molecular weight is 263 g/mol. The molecule has 1 heterocycles. The Labute approximate surface area is 114 Å². The van der Waals surface area contributed by atoms with E-state index in [0.29, 0.717) is 6.54 Å². The number of hydroxylamine groups is 2. The normalized spacial score (nSPS) is 20.3. The standard InChI is InChI=1S/C15H21NO3/c1-15(2,3)14(17)19-16-10-9-13(11-16)18-12-7-5-4-6-8-12/h4-8,13H,9-11H2,1-3H3. The van der Waals surface area contributed by atoms with E-state index in [-0.39, 0.29) is 12.1 Å². The summed E-state index contributed by atoms with van der Waals surface area (Å²) < 4.78 is 5.84. The van der Waals surface area contributed by atoms with Gasteiger partial charge in [0.15, 0.2) is 0 Å². The van der Waals surface area contributed by atoms with Crippen molar-refractivity contribution in [1.29, 1.82) is 0 Å². The second kappa shape index (κ2) is 5.61. The molecule has 4 nitrogen and oxygen atoms in total. The molecule has 4 heteroatoms. The van der Waals surface area contributed by atoms with Gasteiger partial charge in [-0.15, -0.1) is 5.06 Å². The molecule has 0 aromatic heterocycles. The van der Waals surface area contributed by atoms with Gasteiger partial charge < -0.3 is 9.57 Å². The highest BCUT2D eigenvalue weighted by atomic mass is 16.7. The number of hydrogen-bond acceptors (Lipinski definition) is 4. The number of ether oxygens (including phenoxy) is 1. The highest BCUT2D eigenvalue weighted by molar-refractivity contribution is 5.75. The maximum Gasteiger partial charge on any atom is 0.330 e. The van der Waals surface area contributed by atoms with E-state index in [9.17, 15) is 4.79 Å². The quantitative estimate of drug-likeness (QED) is 0.840. The fraction of sp³-hybridized carbons (Fsp3) is 0.533. The number of hydrogen-bond donors (Lipinski definition) is 0. The average Bonchev–Trinajstić information content (AvgIpc) is 2.76. The van der Waals surface area contributed by atoms with Gasteiger partial charge in [0, 0.05) is 13.0 Å². The molecule has 0 saturated carbocycles. The van der Waals surface area contributed by atoms with E-state index in [0.717, 1.165) is 18.7 Å². The van der Waals surface area contributed by atoms with Gasteiger partial charge in [-0.05, 0) is 32.9 Å². The van der Waals surface area contributed by atoms with Crippen molar-refractivity contribution in [3.63, 3.8) is 0 Å². The summed E-state index contributed by atoms with van der Waals surface area (Å²) in [4.78, 5) is 17.1. The first-order chi connectivity index (χ1) is 8.95. The predicted octanol–water partition coefficient (Wildman–Crippen LogP) is 2.64. The lowest BCUT2D eigenvalue weighted by Crippen LogP contribution is -2.33. The Morgan fingerprint density at radius 2 is 1.95 bits per heavy atom. The number of carbonyl (C=O) groups excluding carboxylic acids is 1. The minimum atomic E-state index is -0.474. The summed E-state index contributed by atoms with van der Waals surface area (Å²) in [5.74, 6) is 0.657. The summed E-state index contributed by atoms with van der Waals surface area (Å²) in [6.07, 6.45) is 0.946. The van der Waals surface area contributed by atoms with Gasteiger partial charge in [0.25, 0.3) is 0 Å². The largest absolute Gasteiger partial charge is 0.489 e. The topological polar surface area (TPSA) is 38.8 Å². The van der Waals surface area contributed by atoms with E-state index in [2.05, 4.69) is 0 Å². The molecule has 1 unspecified atom stereocenters. The van der Waals surface area contributed by atoms with Gasteiger partial charge in [0.05, 0.1) is 12.0 Å².